The van der Waals surface area contributed by atoms with Gasteiger partial charge in [0, 0.05) is 36.8 Å². The van der Waals surface area contributed by atoms with E-state index in [9.17, 15) is 4.79 Å². The van der Waals surface area contributed by atoms with Crippen LogP contribution < -0.4 is 11.1 Å². The molecule has 2 heterocycles. The van der Waals surface area contributed by atoms with Gasteiger partial charge in [0.2, 0.25) is 5.91 Å². The number of carbonyl (C=O) groups is 1. The van der Waals surface area contributed by atoms with Crippen molar-refractivity contribution in [1.29, 1.82) is 0 Å². The molecule has 2 aromatic heterocycles. The zero-order chi connectivity index (χ0) is 19.7. The van der Waals surface area contributed by atoms with Gasteiger partial charge in [-0.1, -0.05) is 31.2 Å². The Labute approximate surface area is 164 Å². The molecular formula is C22H24N4O2. The van der Waals surface area contributed by atoms with E-state index in [1.807, 2.05) is 24.3 Å². The highest BCUT2D eigenvalue weighted by Crippen LogP contribution is 2.39. The highest BCUT2D eigenvalue weighted by Gasteiger charge is 2.42. The molecule has 144 valence electrons. The number of hydrogen-bond acceptors (Lipinski definition) is 5. The first-order valence-electron chi connectivity index (χ1n) is 9.55. The number of amides is 1. The number of carbonyl (C=O) groups excluding carboxylic acids is 1. The fourth-order valence-electron chi connectivity index (χ4n) is 3.64. The largest absolute Gasteiger partial charge is 0.384 e. The molecular weight excluding hydrogens is 352 g/mol. The van der Waals surface area contributed by atoms with Crippen LogP contribution in [0.25, 0.3) is 22.0 Å². The number of methoxy groups -OCH3 is 1. The Hall–Kier alpha value is -2.99. The third kappa shape index (κ3) is 3.55. The average molecular weight is 376 g/mol. The van der Waals surface area contributed by atoms with Crippen LogP contribution in [-0.2, 0) is 16.0 Å². The van der Waals surface area contributed by atoms with Crippen molar-refractivity contribution in [3.05, 3.63) is 48.2 Å². The molecule has 3 aromatic rings. The smallest absolute Gasteiger partial charge is 0.229 e. The summed E-state index contributed by atoms with van der Waals surface area (Å²) in [6.07, 6.45) is 3.45. The lowest BCUT2D eigenvalue weighted by Gasteiger charge is -2.11. The molecule has 6 heteroatoms. The molecule has 0 unspecified atom stereocenters. The Morgan fingerprint density at radius 2 is 2.14 bits per heavy atom. The maximum absolute atomic E-state index is 12.4. The van der Waals surface area contributed by atoms with Crippen LogP contribution in [0.4, 0.5) is 11.6 Å². The van der Waals surface area contributed by atoms with Crippen molar-refractivity contribution >= 4 is 28.3 Å². The molecule has 2 atom stereocenters. The van der Waals surface area contributed by atoms with Crippen LogP contribution in [0, 0.1) is 11.8 Å². The molecule has 1 aliphatic rings. The number of nitrogens with zero attached hydrogens (tertiary/aromatic N) is 2. The SMILES string of the molecule is CCc1ccccc1-c1cc2cc(NC(=O)[C@@H]3C[C@H]3COC)ncc2c(N)n1. The van der Waals surface area contributed by atoms with Gasteiger partial charge in [0.05, 0.1) is 5.69 Å². The topological polar surface area (TPSA) is 90.1 Å². The van der Waals surface area contributed by atoms with Crippen LogP contribution in [0.2, 0.25) is 0 Å². The van der Waals surface area contributed by atoms with E-state index in [-0.39, 0.29) is 11.8 Å². The molecule has 1 saturated carbocycles. The highest BCUT2D eigenvalue weighted by molar-refractivity contribution is 5.98. The fraction of sp³-hybridized carbons (Fsp3) is 0.318. The summed E-state index contributed by atoms with van der Waals surface area (Å²) in [6.45, 7) is 2.74. The lowest BCUT2D eigenvalue weighted by molar-refractivity contribution is -0.117. The number of nitrogens with one attached hydrogen (secondary N) is 1. The van der Waals surface area contributed by atoms with Crippen molar-refractivity contribution in [3.8, 4) is 11.3 Å². The molecule has 0 spiro atoms. The van der Waals surface area contributed by atoms with Crippen LogP contribution >= 0.6 is 0 Å². The molecule has 4 rings (SSSR count). The summed E-state index contributed by atoms with van der Waals surface area (Å²) in [5, 5.41) is 4.60. The van der Waals surface area contributed by atoms with E-state index in [0.717, 1.165) is 34.9 Å². The van der Waals surface area contributed by atoms with Crippen LogP contribution in [0.15, 0.2) is 42.6 Å². The first kappa shape index (κ1) is 18.4. The van der Waals surface area contributed by atoms with Gasteiger partial charge >= 0.3 is 0 Å². The van der Waals surface area contributed by atoms with Gasteiger partial charge in [-0.2, -0.15) is 0 Å². The summed E-state index contributed by atoms with van der Waals surface area (Å²) in [4.78, 5) is 21.3. The molecule has 1 aromatic carbocycles. The number of aryl methyl sites for hydroxylation is 1. The minimum absolute atomic E-state index is 0.00643. The van der Waals surface area contributed by atoms with E-state index in [4.69, 9.17) is 10.5 Å². The Kier molecular flexibility index (Phi) is 4.96. The Balaban J connectivity index is 1.64. The van der Waals surface area contributed by atoms with Crippen molar-refractivity contribution in [3.63, 3.8) is 0 Å². The third-order valence-corrected chi connectivity index (χ3v) is 5.31. The number of nitrogen functional groups attached to an aromatic ring is 1. The average Bonchev–Trinajstić information content (AvgIpc) is 3.47. The van der Waals surface area contributed by atoms with Crippen LogP contribution in [0.5, 0.6) is 0 Å². The Bertz CT molecular complexity index is 1030. The molecule has 28 heavy (non-hydrogen) atoms. The Morgan fingerprint density at radius 3 is 2.93 bits per heavy atom. The van der Waals surface area contributed by atoms with Crippen LogP contribution in [0.3, 0.4) is 0 Å². The summed E-state index contributed by atoms with van der Waals surface area (Å²) < 4.78 is 5.12. The second-order valence-electron chi connectivity index (χ2n) is 7.24. The van der Waals surface area contributed by atoms with Crippen molar-refractivity contribution in [2.45, 2.75) is 19.8 Å². The number of rotatable bonds is 6. The van der Waals surface area contributed by atoms with Crippen molar-refractivity contribution in [2.75, 3.05) is 24.8 Å². The van der Waals surface area contributed by atoms with Gasteiger partial charge in [0.1, 0.15) is 11.6 Å². The number of pyridine rings is 2. The minimum Gasteiger partial charge on any atom is -0.384 e. The summed E-state index contributed by atoms with van der Waals surface area (Å²) in [6, 6.07) is 12.0. The monoisotopic (exact) mass is 376 g/mol. The van der Waals surface area contributed by atoms with Crippen molar-refractivity contribution in [1.82, 2.24) is 9.97 Å². The molecule has 1 aliphatic carbocycles. The van der Waals surface area contributed by atoms with Crippen LogP contribution in [0.1, 0.15) is 18.9 Å². The number of fused-ring (bicyclic) bond motifs is 1. The number of benzene rings is 1. The van der Waals surface area contributed by atoms with Gasteiger partial charge < -0.3 is 15.8 Å². The van der Waals surface area contributed by atoms with E-state index in [0.29, 0.717) is 24.2 Å². The Morgan fingerprint density at radius 1 is 1.32 bits per heavy atom. The van der Waals surface area contributed by atoms with E-state index < -0.39 is 0 Å². The standard InChI is InChI=1S/C22H24N4O2/c1-3-13-6-4-5-7-16(13)19-9-14-10-20(24-11-18(14)21(23)25-19)26-22(27)17-8-15(17)12-28-2/h4-7,9-11,15,17H,3,8,12H2,1-2H3,(H2,23,25)(H,24,26,27)/t15-,17+/m0/s1. The van der Waals surface area contributed by atoms with Gasteiger partial charge in [-0.25, -0.2) is 9.97 Å². The second kappa shape index (κ2) is 7.56. The minimum atomic E-state index is -0.00696. The molecule has 3 N–H and O–H groups in total. The molecule has 0 aliphatic heterocycles. The maximum Gasteiger partial charge on any atom is 0.229 e. The summed E-state index contributed by atoms with van der Waals surface area (Å²) in [5.74, 6) is 1.27. The quantitative estimate of drug-likeness (QED) is 0.685. The van der Waals surface area contributed by atoms with E-state index in [2.05, 4.69) is 34.3 Å². The molecule has 0 saturated heterocycles. The van der Waals surface area contributed by atoms with Gasteiger partial charge in [-0.15, -0.1) is 0 Å². The van der Waals surface area contributed by atoms with Gasteiger partial charge in [-0.05, 0) is 41.8 Å². The van der Waals surface area contributed by atoms with Gasteiger partial charge in [0.25, 0.3) is 0 Å². The number of ether oxygens (including phenoxy) is 1. The zero-order valence-corrected chi connectivity index (χ0v) is 16.1. The van der Waals surface area contributed by atoms with E-state index in [1.165, 1.54) is 5.56 Å². The van der Waals surface area contributed by atoms with Gasteiger partial charge in [0.15, 0.2) is 0 Å². The number of nitrogens with two attached hydrogens (primary N) is 1. The van der Waals surface area contributed by atoms with Crippen LogP contribution in [-0.4, -0.2) is 29.6 Å². The van der Waals surface area contributed by atoms with Crippen molar-refractivity contribution < 1.29 is 9.53 Å². The normalized spacial score (nSPS) is 18.2. The van der Waals surface area contributed by atoms with Gasteiger partial charge in [-0.3, -0.25) is 4.79 Å². The predicted molar refractivity (Wildman–Crippen MR) is 111 cm³/mol. The zero-order valence-electron chi connectivity index (χ0n) is 16.1. The summed E-state index contributed by atoms with van der Waals surface area (Å²) >= 11 is 0. The number of anilines is 2. The molecule has 6 nitrogen and oxygen atoms in total. The molecule has 0 bridgehead atoms. The number of aromatic nitrogens is 2. The lowest BCUT2D eigenvalue weighted by atomic mass is 10.0. The first-order chi connectivity index (χ1) is 13.6. The lowest BCUT2D eigenvalue weighted by Crippen LogP contribution is -2.16. The second-order valence-corrected chi connectivity index (χ2v) is 7.24. The molecule has 0 radical (unpaired) electrons. The molecule has 1 amide bonds. The fourth-order valence-corrected chi connectivity index (χ4v) is 3.64. The highest BCUT2D eigenvalue weighted by atomic mass is 16.5. The van der Waals surface area contributed by atoms with Crippen molar-refractivity contribution in [2.24, 2.45) is 11.8 Å². The summed E-state index contributed by atoms with van der Waals surface area (Å²) in [7, 11) is 1.66. The predicted octanol–water partition coefficient (Wildman–Crippen LogP) is 3.66. The first-order valence-corrected chi connectivity index (χ1v) is 9.55. The van der Waals surface area contributed by atoms with E-state index >= 15 is 0 Å². The maximum atomic E-state index is 12.4. The summed E-state index contributed by atoms with van der Waals surface area (Å²) in [5.41, 5.74) is 9.31. The molecule has 1 fully saturated rings. The number of hydrogen-bond donors (Lipinski definition) is 2. The van der Waals surface area contributed by atoms with E-state index in [1.54, 1.807) is 13.3 Å². The third-order valence-electron chi connectivity index (χ3n) is 5.31.